The molecule has 5 rings (SSSR count). The molecule has 3 aromatic carbocycles. The van der Waals surface area contributed by atoms with Crippen LogP contribution in [0, 0.1) is 0 Å². The van der Waals surface area contributed by atoms with Crippen molar-refractivity contribution < 1.29 is 9.13 Å². The van der Waals surface area contributed by atoms with E-state index in [-0.39, 0.29) is 0 Å². The van der Waals surface area contributed by atoms with Gasteiger partial charge in [0, 0.05) is 45.5 Å². The lowest BCUT2D eigenvalue weighted by Gasteiger charge is -2.12. The quantitative estimate of drug-likeness (QED) is 0.156. The number of aryl methyl sites for hydroxylation is 4. The zero-order chi connectivity index (χ0) is 26.5. The normalized spacial score (nSPS) is 11.7. The van der Waals surface area contributed by atoms with Crippen molar-refractivity contribution in [3.8, 4) is 0 Å². The van der Waals surface area contributed by atoms with Crippen molar-refractivity contribution in [2.45, 2.75) is 0 Å². The standard InChI is InChI=1S/C28H30N10/c1-35-17-18-36(2)27(35)33-31-22-11-9-21(10-12-22)29-15-16-30-25-13-14-26(24-8-6-5-7-23(24)25)32-34-28-37(3)19-20-38(28)4/h5-14,17-20H,15-16H2,1-4H3/p+2. The molecule has 0 saturated carbocycles. The first-order valence-corrected chi connectivity index (χ1v) is 12.4. The molecule has 5 aromatic rings. The van der Waals surface area contributed by atoms with Crippen LogP contribution in [0.3, 0.4) is 0 Å². The summed E-state index contributed by atoms with van der Waals surface area (Å²) >= 11 is 0. The highest BCUT2D eigenvalue weighted by Crippen LogP contribution is 2.32. The van der Waals surface area contributed by atoms with Crippen LogP contribution in [0.4, 0.5) is 34.6 Å². The maximum Gasteiger partial charge on any atom is 0.421 e. The van der Waals surface area contributed by atoms with Crippen LogP contribution in [0.15, 0.2) is 106 Å². The highest BCUT2D eigenvalue weighted by molar-refractivity contribution is 6.00. The largest absolute Gasteiger partial charge is 0.421 e. The summed E-state index contributed by atoms with van der Waals surface area (Å²) in [5.41, 5.74) is 3.74. The van der Waals surface area contributed by atoms with Gasteiger partial charge in [-0.1, -0.05) is 34.5 Å². The Morgan fingerprint density at radius 1 is 0.658 bits per heavy atom. The highest BCUT2D eigenvalue weighted by atomic mass is 15.3. The molecular weight excluding hydrogens is 476 g/mol. The Morgan fingerprint density at radius 2 is 1.26 bits per heavy atom. The van der Waals surface area contributed by atoms with Crippen molar-refractivity contribution in [1.29, 1.82) is 0 Å². The molecule has 0 bridgehead atoms. The number of aromatic nitrogens is 4. The zero-order valence-electron chi connectivity index (χ0n) is 22.1. The molecule has 10 heteroatoms. The molecule has 0 amide bonds. The lowest BCUT2D eigenvalue weighted by molar-refractivity contribution is -0.657. The van der Waals surface area contributed by atoms with Crippen molar-refractivity contribution >= 4 is 45.4 Å². The number of rotatable bonds is 9. The molecule has 0 unspecified atom stereocenters. The third-order valence-corrected chi connectivity index (χ3v) is 6.33. The molecule has 2 aromatic heterocycles. The predicted molar refractivity (Wildman–Crippen MR) is 149 cm³/mol. The van der Waals surface area contributed by atoms with Gasteiger partial charge in [0.05, 0.1) is 53.0 Å². The van der Waals surface area contributed by atoms with Crippen LogP contribution < -0.4 is 19.8 Å². The summed E-state index contributed by atoms with van der Waals surface area (Å²) in [6, 6.07) is 20.3. The minimum absolute atomic E-state index is 0.759. The molecule has 0 atom stereocenters. The summed E-state index contributed by atoms with van der Waals surface area (Å²) in [6.45, 7) is 1.52. The monoisotopic (exact) mass is 508 g/mol. The van der Waals surface area contributed by atoms with E-state index >= 15 is 0 Å². The Kier molecular flexibility index (Phi) is 7.21. The van der Waals surface area contributed by atoms with Gasteiger partial charge in [-0.2, -0.15) is 0 Å². The number of nitrogens with zero attached hydrogens (tertiary/aromatic N) is 8. The summed E-state index contributed by atoms with van der Waals surface area (Å²) < 4.78 is 7.74. The van der Waals surface area contributed by atoms with E-state index in [0.29, 0.717) is 0 Å². The first kappa shape index (κ1) is 24.8. The van der Waals surface area contributed by atoms with E-state index in [0.717, 1.165) is 58.5 Å². The number of benzene rings is 3. The maximum atomic E-state index is 4.55. The fourth-order valence-corrected chi connectivity index (χ4v) is 4.22. The van der Waals surface area contributed by atoms with Gasteiger partial charge in [0.25, 0.3) is 0 Å². The van der Waals surface area contributed by atoms with E-state index in [1.165, 1.54) is 0 Å². The maximum absolute atomic E-state index is 4.55. The Labute approximate surface area is 221 Å². The minimum Gasteiger partial charge on any atom is -0.383 e. The fourth-order valence-electron chi connectivity index (χ4n) is 4.22. The predicted octanol–water partition coefficient (Wildman–Crippen LogP) is 5.52. The van der Waals surface area contributed by atoms with Crippen molar-refractivity contribution in [2.75, 3.05) is 23.7 Å². The second-order valence-electron chi connectivity index (χ2n) is 9.12. The van der Waals surface area contributed by atoms with Gasteiger partial charge in [0.1, 0.15) is 11.4 Å². The Morgan fingerprint density at radius 3 is 1.89 bits per heavy atom. The van der Waals surface area contributed by atoms with Gasteiger partial charge in [0.15, 0.2) is 0 Å². The van der Waals surface area contributed by atoms with Crippen molar-refractivity contribution in [2.24, 2.45) is 48.6 Å². The molecule has 2 N–H and O–H groups in total. The SMILES string of the molecule is Cn1cc[n+](C)c1/N=N/c1ccc(NCCNc2ccc(/N=N/c3n(C)cc[n+]3C)c3ccccc23)cc1. The Bertz CT molecular complexity index is 1570. The molecule has 0 fully saturated rings. The van der Waals surface area contributed by atoms with Crippen LogP contribution in [0.2, 0.25) is 0 Å². The van der Waals surface area contributed by atoms with E-state index < -0.39 is 0 Å². The Hall–Kier alpha value is -4.86. The molecular formula is C28H32N10+2. The zero-order valence-corrected chi connectivity index (χ0v) is 22.1. The molecule has 10 nitrogen and oxygen atoms in total. The molecule has 38 heavy (non-hydrogen) atoms. The molecule has 0 aliphatic rings. The van der Waals surface area contributed by atoms with Crippen molar-refractivity contribution in [1.82, 2.24) is 9.13 Å². The number of azo groups is 2. The van der Waals surface area contributed by atoms with Crippen molar-refractivity contribution in [3.05, 3.63) is 85.5 Å². The van der Waals surface area contributed by atoms with Gasteiger partial charge in [-0.3, -0.25) is 0 Å². The summed E-state index contributed by atoms with van der Waals surface area (Å²) in [6.07, 6.45) is 7.81. The highest BCUT2D eigenvalue weighted by Gasteiger charge is 2.12. The van der Waals surface area contributed by atoms with Crippen molar-refractivity contribution in [3.63, 3.8) is 0 Å². The molecule has 0 saturated heterocycles. The van der Waals surface area contributed by atoms with E-state index in [1.54, 1.807) is 0 Å². The number of hydrogen-bond acceptors (Lipinski definition) is 6. The smallest absolute Gasteiger partial charge is 0.383 e. The summed E-state index contributed by atoms with van der Waals surface area (Å²) in [5, 5.41) is 26.9. The second-order valence-corrected chi connectivity index (χ2v) is 9.12. The van der Waals surface area contributed by atoms with Gasteiger partial charge in [-0.05, 0) is 36.4 Å². The second kappa shape index (κ2) is 11.0. The Balaban J connectivity index is 1.19. The van der Waals surface area contributed by atoms with E-state index in [4.69, 9.17) is 0 Å². The minimum atomic E-state index is 0.759. The van der Waals surface area contributed by atoms with Gasteiger partial charge < -0.3 is 10.6 Å². The van der Waals surface area contributed by atoms with Crippen LogP contribution >= 0.6 is 0 Å². The van der Waals surface area contributed by atoms with Gasteiger partial charge >= 0.3 is 11.9 Å². The summed E-state index contributed by atoms with van der Waals surface area (Å²) in [7, 11) is 7.81. The van der Waals surface area contributed by atoms with E-state index in [1.807, 2.05) is 114 Å². The lowest BCUT2D eigenvalue weighted by atomic mass is 10.1. The third kappa shape index (κ3) is 5.44. The van der Waals surface area contributed by atoms with Gasteiger partial charge in [0.2, 0.25) is 0 Å². The molecule has 2 heterocycles. The number of fused-ring (bicyclic) bond motifs is 1. The molecule has 192 valence electrons. The fraction of sp³-hybridized carbons (Fsp3) is 0.214. The van der Waals surface area contributed by atoms with Crippen LogP contribution in [0.5, 0.6) is 0 Å². The van der Waals surface area contributed by atoms with Gasteiger partial charge in [-0.25, -0.2) is 18.3 Å². The topological polar surface area (TPSA) is 91.1 Å². The third-order valence-electron chi connectivity index (χ3n) is 6.33. The number of imidazole rings is 2. The average molecular weight is 509 g/mol. The van der Waals surface area contributed by atoms with Gasteiger partial charge in [-0.15, -0.1) is 0 Å². The first-order chi connectivity index (χ1) is 18.5. The summed E-state index contributed by atoms with van der Waals surface area (Å²) in [5.74, 6) is 1.57. The lowest BCUT2D eigenvalue weighted by Crippen LogP contribution is -2.25. The van der Waals surface area contributed by atoms with Crippen LogP contribution in [-0.4, -0.2) is 22.2 Å². The first-order valence-electron chi connectivity index (χ1n) is 12.4. The number of nitrogens with one attached hydrogen (secondary N) is 2. The van der Waals surface area contributed by atoms with E-state index in [9.17, 15) is 0 Å². The molecule has 0 radical (unpaired) electrons. The van der Waals surface area contributed by atoms with Crippen LogP contribution in [-0.2, 0) is 28.2 Å². The molecule has 0 spiro atoms. The number of anilines is 2. The summed E-state index contributed by atoms with van der Waals surface area (Å²) in [4.78, 5) is 0. The van der Waals surface area contributed by atoms with Crippen LogP contribution in [0.25, 0.3) is 10.8 Å². The number of hydrogen-bond donors (Lipinski definition) is 2. The molecule has 0 aliphatic heterocycles. The molecule has 0 aliphatic carbocycles. The average Bonchev–Trinajstić information content (AvgIpc) is 3.43. The van der Waals surface area contributed by atoms with Crippen LogP contribution in [0.1, 0.15) is 0 Å². The van der Waals surface area contributed by atoms with E-state index in [2.05, 4.69) is 49.3 Å².